The fraction of sp³-hybridized carbons (Fsp3) is 0.143. The van der Waals surface area contributed by atoms with Crippen molar-refractivity contribution in [2.24, 2.45) is 0 Å². The third-order valence-electron chi connectivity index (χ3n) is 2.85. The summed E-state index contributed by atoms with van der Waals surface area (Å²) in [5.41, 5.74) is 2.21. The standard InChI is InChI=1S/C14H15NO3S/c1-15-14-11(7-5-8-12(14)18-2)10-6-3-4-9-13(10)19(16)17/h3-9,15H,1-2H3,(H,16,17)/p-1. The lowest BCUT2D eigenvalue weighted by Gasteiger charge is -2.17. The van der Waals surface area contributed by atoms with Crippen LogP contribution in [0.15, 0.2) is 47.4 Å². The van der Waals surface area contributed by atoms with Crippen LogP contribution >= 0.6 is 0 Å². The van der Waals surface area contributed by atoms with E-state index in [4.69, 9.17) is 4.74 Å². The lowest BCUT2D eigenvalue weighted by atomic mass is 10.0. The molecule has 5 heteroatoms. The van der Waals surface area contributed by atoms with Gasteiger partial charge in [-0.2, -0.15) is 0 Å². The highest BCUT2D eigenvalue weighted by molar-refractivity contribution is 7.79. The number of benzene rings is 2. The SMILES string of the molecule is CNc1c(OC)cccc1-c1ccccc1S(=O)[O-]. The first kappa shape index (κ1) is 13.6. The Morgan fingerprint density at radius 3 is 2.42 bits per heavy atom. The summed E-state index contributed by atoms with van der Waals surface area (Å²) in [4.78, 5) is 0.271. The molecule has 0 aromatic heterocycles. The van der Waals surface area contributed by atoms with Gasteiger partial charge in [0.1, 0.15) is 5.75 Å². The Labute approximate surface area is 114 Å². The summed E-state index contributed by atoms with van der Waals surface area (Å²) in [6, 6.07) is 12.4. The van der Waals surface area contributed by atoms with Crippen molar-refractivity contribution < 1.29 is 13.5 Å². The summed E-state index contributed by atoms with van der Waals surface area (Å²) in [7, 11) is 3.36. The molecule has 1 atom stereocenters. The highest BCUT2D eigenvalue weighted by Crippen LogP contribution is 2.37. The van der Waals surface area contributed by atoms with Crippen LogP contribution in [0.2, 0.25) is 0 Å². The zero-order valence-electron chi connectivity index (χ0n) is 10.7. The number of hydrogen-bond donors (Lipinski definition) is 1. The number of rotatable bonds is 4. The quantitative estimate of drug-likeness (QED) is 0.872. The molecule has 2 aromatic carbocycles. The van der Waals surface area contributed by atoms with Crippen LogP contribution in [-0.4, -0.2) is 22.9 Å². The van der Waals surface area contributed by atoms with Crippen molar-refractivity contribution in [1.82, 2.24) is 0 Å². The van der Waals surface area contributed by atoms with Gasteiger partial charge in [-0.1, -0.05) is 30.3 Å². The van der Waals surface area contributed by atoms with Gasteiger partial charge in [-0.15, -0.1) is 0 Å². The Morgan fingerprint density at radius 1 is 1.11 bits per heavy atom. The molecule has 0 heterocycles. The summed E-state index contributed by atoms with van der Waals surface area (Å²) >= 11 is -2.28. The summed E-state index contributed by atoms with van der Waals surface area (Å²) in [5.74, 6) is 0.673. The molecule has 19 heavy (non-hydrogen) atoms. The van der Waals surface area contributed by atoms with Crippen LogP contribution in [0.1, 0.15) is 0 Å². The van der Waals surface area contributed by atoms with Crippen molar-refractivity contribution in [2.75, 3.05) is 19.5 Å². The molecule has 0 saturated heterocycles. The van der Waals surface area contributed by atoms with E-state index in [0.717, 1.165) is 11.3 Å². The van der Waals surface area contributed by atoms with Gasteiger partial charge >= 0.3 is 0 Å². The van der Waals surface area contributed by atoms with Crippen molar-refractivity contribution in [2.45, 2.75) is 4.90 Å². The summed E-state index contributed by atoms with van der Waals surface area (Å²) in [6.45, 7) is 0. The van der Waals surface area contributed by atoms with Crippen LogP contribution < -0.4 is 10.1 Å². The molecule has 0 bridgehead atoms. The topological polar surface area (TPSA) is 61.4 Å². The summed E-state index contributed by atoms with van der Waals surface area (Å²) in [6.07, 6.45) is 0. The molecule has 0 spiro atoms. The molecule has 0 amide bonds. The van der Waals surface area contributed by atoms with Crippen LogP contribution in [0.25, 0.3) is 11.1 Å². The predicted octanol–water partition coefficient (Wildman–Crippen LogP) is 2.64. The number of anilines is 1. The molecule has 1 unspecified atom stereocenters. The number of methoxy groups -OCH3 is 1. The molecule has 0 fully saturated rings. The molecule has 2 rings (SSSR count). The molecule has 1 N–H and O–H groups in total. The van der Waals surface area contributed by atoms with Crippen LogP contribution in [-0.2, 0) is 11.1 Å². The lowest BCUT2D eigenvalue weighted by molar-refractivity contribution is 0.417. The Kier molecular flexibility index (Phi) is 4.19. The van der Waals surface area contributed by atoms with Gasteiger partial charge in [0.15, 0.2) is 0 Å². The highest BCUT2D eigenvalue weighted by atomic mass is 32.2. The van der Waals surface area contributed by atoms with E-state index in [1.807, 2.05) is 24.3 Å². The Hall–Kier alpha value is -1.85. The molecule has 0 aliphatic rings. The third kappa shape index (κ3) is 2.62. The second-order valence-corrected chi connectivity index (χ2v) is 4.77. The van der Waals surface area contributed by atoms with Crippen molar-refractivity contribution in [3.8, 4) is 16.9 Å². The minimum absolute atomic E-state index is 0.271. The molecular formula is C14H14NO3S-. The Balaban J connectivity index is 2.69. The molecule has 2 aromatic rings. The van der Waals surface area contributed by atoms with Crippen LogP contribution in [0.5, 0.6) is 5.75 Å². The maximum absolute atomic E-state index is 11.3. The zero-order valence-corrected chi connectivity index (χ0v) is 11.5. The lowest BCUT2D eigenvalue weighted by Crippen LogP contribution is -1.99. The van der Waals surface area contributed by atoms with E-state index in [2.05, 4.69) is 5.32 Å². The number of nitrogens with one attached hydrogen (secondary N) is 1. The average molecular weight is 276 g/mol. The van der Waals surface area contributed by atoms with Crippen LogP contribution in [0.4, 0.5) is 5.69 Å². The minimum atomic E-state index is -2.28. The van der Waals surface area contributed by atoms with Gasteiger partial charge < -0.3 is 14.6 Å². The van der Waals surface area contributed by atoms with E-state index in [1.54, 1.807) is 32.4 Å². The minimum Gasteiger partial charge on any atom is -0.768 e. The molecule has 0 aliphatic heterocycles. The first-order valence-electron chi connectivity index (χ1n) is 5.72. The van der Waals surface area contributed by atoms with Gasteiger partial charge in [0.05, 0.1) is 12.8 Å². The fourth-order valence-corrected chi connectivity index (χ4v) is 2.57. The maximum atomic E-state index is 11.3. The molecule has 4 nitrogen and oxygen atoms in total. The largest absolute Gasteiger partial charge is 0.768 e. The van der Waals surface area contributed by atoms with E-state index >= 15 is 0 Å². The van der Waals surface area contributed by atoms with E-state index < -0.39 is 11.1 Å². The smallest absolute Gasteiger partial charge is 0.142 e. The van der Waals surface area contributed by atoms with Gasteiger partial charge in [0, 0.05) is 17.5 Å². The van der Waals surface area contributed by atoms with E-state index in [1.165, 1.54) is 0 Å². The first-order valence-corrected chi connectivity index (χ1v) is 6.80. The second-order valence-electron chi connectivity index (χ2n) is 3.86. The summed E-state index contributed by atoms with van der Waals surface area (Å²) < 4.78 is 27.9. The predicted molar refractivity (Wildman–Crippen MR) is 75.2 cm³/mol. The van der Waals surface area contributed by atoms with Gasteiger partial charge in [-0.05, 0) is 28.8 Å². The molecular weight excluding hydrogens is 262 g/mol. The van der Waals surface area contributed by atoms with E-state index in [9.17, 15) is 8.76 Å². The number of hydrogen-bond acceptors (Lipinski definition) is 4. The normalized spacial score (nSPS) is 11.9. The van der Waals surface area contributed by atoms with Crippen LogP contribution in [0.3, 0.4) is 0 Å². The van der Waals surface area contributed by atoms with E-state index in [-0.39, 0.29) is 4.90 Å². The van der Waals surface area contributed by atoms with Crippen molar-refractivity contribution in [1.29, 1.82) is 0 Å². The maximum Gasteiger partial charge on any atom is 0.142 e. The summed E-state index contributed by atoms with van der Waals surface area (Å²) in [5, 5.41) is 3.05. The fourth-order valence-electron chi connectivity index (χ4n) is 2.02. The molecule has 0 aliphatic carbocycles. The van der Waals surface area contributed by atoms with Gasteiger partial charge in [0.2, 0.25) is 0 Å². The second kappa shape index (κ2) is 5.86. The number of para-hydroxylation sites is 1. The van der Waals surface area contributed by atoms with Crippen LogP contribution in [0, 0.1) is 0 Å². The molecule has 0 saturated carbocycles. The van der Waals surface area contributed by atoms with Crippen molar-refractivity contribution >= 4 is 16.8 Å². The van der Waals surface area contributed by atoms with Crippen molar-refractivity contribution in [3.05, 3.63) is 42.5 Å². The third-order valence-corrected chi connectivity index (χ3v) is 3.57. The zero-order chi connectivity index (χ0) is 13.8. The highest BCUT2D eigenvalue weighted by Gasteiger charge is 2.12. The van der Waals surface area contributed by atoms with Gasteiger partial charge in [-0.3, -0.25) is 4.21 Å². The van der Waals surface area contributed by atoms with E-state index in [0.29, 0.717) is 11.3 Å². The molecule has 100 valence electrons. The van der Waals surface area contributed by atoms with Gasteiger partial charge in [0.25, 0.3) is 0 Å². The Bertz CT molecular complexity index is 613. The first-order chi connectivity index (χ1) is 9.19. The monoisotopic (exact) mass is 276 g/mol. The van der Waals surface area contributed by atoms with Gasteiger partial charge in [-0.25, -0.2) is 0 Å². The number of ether oxygens (including phenoxy) is 1. The molecule has 0 radical (unpaired) electrons. The Morgan fingerprint density at radius 2 is 1.79 bits per heavy atom. The average Bonchev–Trinajstić information content (AvgIpc) is 2.46. The van der Waals surface area contributed by atoms with Crippen molar-refractivity contribution in [3.63, 3.8) is 0 Å².